The van der Waals surface area contributed by atoms with E-state index >= 15 is 0 Å². The van der Waals surface area contributed by atoms with Gasteiger partial charge in [-0.2, -0.15) is 0 Å². The predicted molar refractivity (Wildman–Crippen MR) is 118 cm³/mol. The highest BCUT2D eigenvalue weighted by Gasteiger charge is 2.21. The molecule has 2 aromatic heterocycles. The fourth-order valence-electron chi connectivity index (χ4n) is 3.39. The molecule has 0 spiro atoms. The van der Waals surface area contributed by atoms with E-state index in [2.05, 4.69) is 9.71 Å². The minimum atomic E-state index is -3.82. The van der Waals surface area contributed by atoms with Gasteiger partial charge < -0.3 is 14.0 Å². The molecule has 0 aliphatic rings. The molecular weight excluding hydrogens is 416 g/mol. The molecule has 31 heavy (non-hydrogen) atoms. The summed E-state index contributed by atoms with van der Waals surface area (Å²) in [5.74, 6) is 1.43. The second-order valence-corrected chi connectivity index (χ2v) is 8.46. The molecule has 0 aliphatic heterocycles. The molecule has 9 heteroatoms. The highest BCUT2D eigenvalue weighted by atomic mass is 32.2. The molecule has 0 radical (unpaired) electrons. The van der Waals surface area contributed by atoms with E-state index in [0.717, 1.165) is 22.4 Å². The first kappa shape index (κ1) is 20.8. The third-order valence-electron chi connectivity index (χ3n) is 4.88. The summed E-state index contributed by atoms with van der Waals surface area (Å²) in [6.07, 6.45) is 3.41. The van der Waals surface area contributed by atoms with E-state index in [1.807, 2.05) is 41.0 Å². The van der Waals surface area contributed by atoms with Gasteiger partial charge in [0, 0.05) is 37.1 Å². The Hall–Kier alpha value is -3.43. The van der Waals surface area contributed by atoms with Crippen LogP contribution in [0.25, 0.3) is 22.4 Å². The number of ether oxygens (including phenoxy) is 2. The Kier molecular flexibility index (Phi) is 5.88. The predicted octanol–water partition coefficient (Wildman–Crippen LogP) is 3.09. The van der Waals surface area contributed by atoms with E-state index in [-0.39, 0.29) is 17.2 Å². The van der Waals surface area contributed by atoms with Gasteiger partial charge in [0.25, 0.3) is 0 Å². The molecule has 0 aliphatic carbocycles. The van der Waals surface area contributed by atoms with E-state index in [1.54, 1.807) is 24.5 Å². The Morgan fingerprint density at radius 3 is 2.52 bits per heavy atom. The number of nitrogens with one attached hydrogen (secondary N) is 1. The van der Waals surface area contributed by atoms with Crippen molar-refractivity contribution in [3.63, 3.8) is 0 Å². The third-order valence-corrected chi connectivity index (χ3v) is 6.36. The van der Waals surface area contributed by atoms with Crippen molar-refractivity contribution in [3.8, 4) is 22.9 Å². The Labute approximate surface area is 180 Å². The smallest absolute Gasteiger partial charge is 0.244 e. The molecule has 8 nitrogen and oxygen atoms in total. The lowest BCUT2D eigenvalue weighted by atomic mass is 10.2. The number of benzene rings is 2. The summed E-state index contributed by atoms with van der Waals surface area (Å²) in [4.78, 5) is 8.82. The molecule has 2 heterocycles. The van der Waals surface area contributed by atoms with Gasteiger partial charge in [0.1, 0.15) is 22.2 Å². The average Bonchev–Trinajstić information content (AvgIpc) is 3.18. The van der Waals surface area contributed by atoms with Gasteiger partial charge in [-0.3, -0.25) is 4.98 Å². The van der Waals surface area contributed by atoms with E-state index in [4.69, 9.17) is 14.5 Å². The average molecular weight is 439 g/mol. The maximum Gasteiger partial charge on any atom is 0.244 e. The van der Waals surface area contributed by atoms with Crippen molar-refractivity contribution in [2.24, 2.45) is 0 Å². The fraction of sp³-hybridized carbons (Fsp3) is 0.182. The molecule has 0 fully saturated rings. The second kappa shape index (κ2) is 8.75. The Morgan fingerprint density at radius 1 is 1.00 bits per heavy atom. The molecule has 1 N–H and O–H groups in total. The van der Waals surface area contributed by atoms with E-state index in [0.29, 0.717) is 12.3 Å². The first-order chi connectivity index (χ1) is 15.0. The van der Waals surface area contributed by atoms with Gasteiger partial charge in [-0.05, 0) is 36.4 Å². The number of rotatable bonds is 8. The number of sulfonamides is 1. The topological polar surface area (TPSA) is 95.3 Å². The van der Waals surface area contributed by atoms with Gasteiger partial charge in [0.2, 0.25) is 10.0 Å². The number of hydrogen-bond donors (Lipinski definition) is 1. The summed E-state index contributed by atoms with van der Waals surface area (Å²) >= 11 is 0. The molecular formula is C22H22N4O4S. The number of nitrogens with zero attached hydrogens (tertiary/aromatic N) is 3. The Morgan fingerprint density at radius 2 is 1.77 bits per heavy atom. The number of aromatic nitrogens is 3. The number of pyridine rings is 1. The van der Waals surface area contributed by atoms with Crippen LogP contribution in [0.5, 0.6) is 11.5 Å². The van der Waals surface area contributed by atoms with Crippen LogP contribution in [0.15, 0.2) is 71.9 Å². The SMILES string of the molecule is COc1ccc(OC)c(S(=O)(=O)NCCn2c(-c3ccncc3)nc3ccccc32)c1. The molecule has 0 saturated heterocycles. The number of hydrogen-bond acceptors (Lipinski definition) is 6. The summed E-state index contributed by atoms with van der Waals surface area (Å²) in [7, 11) is -0.906. The van der Waals surface area contributed by atoms with Crippen molar-refractivity contribution in [1.82, 2.24) is 19.3 Å². The van der Waals surface area contributed by atoms with Crippen molar-refractivity contribution in [3.05, 3.63) is 67.0 Å². The van der Waals surface area contributed by atoms with Crippen LogP contribution in [0.4, 0.5) is 0 Å². The van der Waals surface area contributed by atoms with Crippen molar-refractivity contribution in [2.75, 3.05) is 20.8 Å². The molecule has 4 rings (SSSR count). The van der Waals surface area contributed by atoms with Crippen LogP contribution in [-0.2, 0) is 16.6 Å². The Bertz CT molecular complexity index is 1300. The van der Waals surface area contributed by atoms with Gasteiger partial charge in [-0.25, -0.2) is 18.1 Å². The van der Waals surface area contributed by atoms with Crippen molar-refractivity contribution in [2.45, 2.75) is 11.4 Å². The van der Waals surface area contributed by atoms with Crippen LogP contribution in [-0.4, -0.2) is 43.7 Å². The molecule has 4 aromatic rings. The van der Waals surface area contributed by atoms with Crippen molar-refractivity contribution >= 4 is 21.1 Å². The summed E-state index contributed by atoms with van der Waals surface area (Å²) in [5, 5.41) is 0. The van der Waals surface area contributed by atoms with Gasteiger partial charge in [0.15, 0.2) is 0 Å². The summed E-state index contributed by atoms with van der Waals surface area (Å²) in [6.45, 7) is 0.560. The maximum atomic E-state index is 12.9. The number of para-hydroxylation sites is 2. The van der Waals surface area contributed by atoms with Crippen LogP contribution in [0.3, 0.4) is 0 Å². The third kappa shape index (κ3) is 4.23. The monoisotopic (exact) mass is 438 g/mol. The standard InChI is InChI=1S/C22H22N4O4S/c1-29-17-7-8-20(30-2)21(15-17)31(27,28)24-13-14-26-19-6-4-3-5-18(19)25-22(26)16-9-11-23-12-10-16/h3-12,15,24H,13-14H2,1-2H3. The van der Waals surface area contributed by atoms with E-state index < -0.39 is 10.0 Å². The second-order valence-electron chi connectivity index (χ2n) is 6.73. The fourth-order valence-corrected chi connectivity index (χ4v) is 4.59. The van der Waals surface area contributed by atoms with Crippen LogP contribution in [0.1, 0.15) is 0 Å². The summed E-state index contributed by atoms with van der Waals surface area (Å²) in [5.41, 5.74) is 2.67. The molecule has 0 atom stereocenters. The zero-order valence-corrected chi connectivity index (χ0v) is 18.0. The number of methoxy groups -OCH3 is 2. The zero-order valence-electron chi connectivity index (χ0n) is 17.1. The first-order valence-corrected chi connectivity index (χ1v) is 11.1. The minimum absolute atomic E-state index is 0.0270. The lowest BCUT2D eigenvalue weighted by Gasteiger charge is -2.13. The molecule has 0 unspecified atom stereocenters. The van der Waals surface area contributed by atoms with Crippen LogP contribution < -0.4 is 14.2 Å². The first-order valence-electron chi connectivity index (χ1n) is 9.61. The summed E-state index contributed by atoms with van der Waals surface area (Å²) < 4.78 is 40.9. The lowest BCUT2D eigenvalue weighted by Crippen LogP contribution is -2.28. The zero-order chi connectivity index (χ0) is 21.8. The molecule has 0 amide bonds. The van der Waals surface area contributed by atoms with Crippen molar-refractivity contribution < 1.29 is 17.9 Å². The molecule has 0 saturated carbocycles. The molecule has 0 bridgehead atoms. The highest BCUT2D eigenvalue weighted by molar-refractivity contribution is 7.89. The Balaban J connectivity index is 1.62. The van der Waals surface area contributed by atoms with Crippen LogP contribution in [0.2, 0.25) is 0 Å². The molecule has 160 valence electrons. The maximum absolute atomic E-state index is 12.9. The number of fused-ring (bicyclic) bond motifs is 1. The van der Waals surface area contributed by atoms with E-state index in [1.165, 1.54) is 20.3 Å². The van der Waals surface area contributed by atoms with Crippen molar-refractivity contribution in [1.29, 1.82) is 0 Å². The van der Waals surface area contributed by atoms with Gasteiger partial charge in [-0.15, -0.1) is 0 Å². The normalized spacial score (nSPS) is 11.5. The van der Waals surface area contributed by atoms with Crippen LogP contribution >= 0.6 is 0 Å². The minimum Gasteiger partial charge on any atom is -0.497 e. The van der Waals surface area contributed by atoms with Gasteiger partial charge >= 0.3 is 0 Å². The summed E-state index contributed by atoms with van der Waals surface area (Å²) in [6, 6.07) is 16.2. The lowest BCUT2D eigenvalue weighted by molar-refractivity contribution is 0.392. The molecule has 2 aromatic carbocycles. The largest absolute Gasteiger partial charge is 0.497 e. The van der Waals surface area contributed by atoms with Crippen LogP contribution in [0, 0.1) is 0 Å². The number of imidazole rings is 1. The van der Waals surface area contributed by atoms with E-state index in [9.17, 15) is 8.42 Å². The van der Waals surface area contributed by atoms with Gasteiger partial charge in [-0.1, -0.05) is 12.1 Å². The quantitative estimate of drug-likeness (QED) is 0.454. The highest BCUT2D eigenvalue weighted by Crippen LogP contribution is 2.28. The van der Waals surface area contributed by atoms with Gasteiger partial charge in [0.05, 0.1) is 25.3 Å².